The molecule has 2 amide bonds. The third kappa shape index (κ3) is 9.87. The van der Waals surface area contributed by atoms with Crippen molar-refractivity contribution in [1.82, 2.24) is 15.8 Å². The summed E-state index contributed by atoms with van der Waals surface area (Å²) in [4.78, 5) is 38.0. The highest BCUT2D eigenvalue weighted by atomic mass is 35.6. The van der Waals surface area contributed by atoms with E-state index in [1.54, 1.807) is 20.8 Å². The van der Waals surface area contributed by atoms with Gasteiger partial charge in [-0.2, -0.15) is 0 Å². The second-order valence-corrected chi connectivity index (χ2v) is 11.5. The first-order valence-corrected chi connectivity index (χ1v) is 11.9. The fourth-order valence-electron chi connectivity index (χ4n) is 3.54. The van der Waals surface area contributed by atoms with Gasteiger partial charge in [-0.05, 0) is 58.8 Å². The monoisotopic (exact) mass is 515 g/mol. The van der Waals surface area contributed by atoms with Crippen LogP contribution >= 0.6 is 34.8 Å². The molecule has 32 heavy (non-hydrogen) atoms. The van der Waals surface area contributed by atoms with Crippen LogP contribution in [0.3, 0.4) is 0 Å². The van der Waals surface area contributed by atoms with E-state index in [0.717, 1.165) is 12.8 Å². The van der Waals surface area contributed by atoms with Gasteiger partial charge in [0.15, 0.2) is 0 Å². The number of hydrazine groups is 1. The standard InChI is InChI=1S/C20H32Cl3N3O6/c1-19(2,3)32-18(29)24-15(11-13-6-9-30-10-7-13)16(27)26-8-4-5-14(25-26)17(28)31-12-20(21,22)23/h13-15,25H,4-12H2,1-3H3,(H,24,29)/t14-,15?/m0/s1. The Morgan fingerprint density at radius 3 is 2.41 bits per heavy atom. The average molecular weight is 517 g/mol. The van der Waals surface area contributed by atoms with Crippen molar-refractivity contribution in [2.45, 2.75) is 74.4 Å². The molecule has 0 saturated carbocycles. The van der Waals surface area contributed by atoms with Gasteiger partial charge >= 0.3 is 12.1 Å². The second kappa shape index (κ2) is 11.9. The molecule has 2 N–H and O–H groups in total. The van der Waals surface area contributed by atoms with Gasteiger partial charge in [0.1, 0.15) is 24.3 Å². The SMILES string of the molecule is CC(C)(C)OC(=O)NC(CC1CCOCC1)C(=O)N1CCC[C@@H](C(=O)OCC(Cl)(Cl)Cl)N1. The number of hydrogen-bond donors (Lipinski definition) is 2. The number of alkyl carbamates (subject to hydrolysis) is 1. The van der Waals surface area contributed by atoms with Crippen LogP contribution in [-0.2, 0) is 23.8 Å². The van der Waals surface area contributed by atoms with E-state index in [4.69, 9.17) is 49.0 Å². The number of carbonyl (C=O) groups excluding carboxylic acids is 3. The molecule has 0 aromatic heterocycles. The number of alkyl halides is 3. The minimum atomic E-state index is -1.72. The van der Waals surface area contributed by atoms with Crippen LogP contribution in [0.1, 0.15) is 52.9 Å². The molecule has 0 aliphatic carbocycles. The number of ether oxygens (including phenoxy) is 3. The summed E-state index contributed by atoms with van der Waals surface area (Å²) in [6.07, 6.45) is 2.42. The molecule has 9 nitrogen and oxygen atoms in total. The van der Waals surface area contributed by atoms with Crippen molar-refractivity contribution in [3.63, 3.8) is 0 Å². The van der Waals surface area contributed by atoms with Gasteiger partial charge in [0.2, 0.25) is 3.79 Å². The van der Waals surface area contributed by atoms with E-state index in [9.17, 15) is 14.4 Å². The van der Waals surface area contributed by atoms with Crippen molar-refractivity contribution in [3.8, 4) is 0 Å². The van der Waals surface area contributed by atoms with Crippen LogP contribution in [0.5, 0.6) is 0 Å². The molecule has 0 radical (unpaired) electrons. The third-order valence-corrected chi connectivity index (χ3v) is 5.34. The van der Waals surface area contributed by atoms with Crippen LogP contribution in [0.25, 0.3) is 0 Å². The minimum absolute atomic E-state index is 0.225. The molecule has 1 unspecified atom stereocenters. The van der Waals surface area contributed by atoms with Gasteiger partial charge in [0.05, 0.1) is 0 Å². The molecule has 0 aromatic carbocycles. The topological polar surface area (TPSA) is 106 Å². The molecule has 0 spiro atoms. The van der Waals surface area contributed by atoms with Crippen LogP contribution in [0, 0.1) is 5.92 Å². The van der Waals surface area contributed by atoms with E-state index in [2.05, 4.69) is 10.7 Å². The van der Waals surface area contributed by atoms with Crippen molar-refractivity contribution >= 4 is 52.8 Å². The van der Waals surface area contributed by atoms with Crippen molar-refractivity contribution in [1.29, 1.82) is 0 Å². The zero-order valence-corrected chi connectivity index (χ0v) is 20.9. The van der Waals surface area contributed by atoms with E-state index in [0.29, 0.717) is 39.0 Å². The van der Waals surface area contributed by atoms with Gasteiger partial charge in [0, 0.05) is 19.8 Å². The van der Waals surface area contributed by atoms with Crippen molar-refractivity contribution in [2.75, 3.05) is 26.4 Å². The predicted molar refractivity (Wildman–Crippen MR) is 120 cm³/mol. The molecular weight excluding hydrogens is 485 g/mol. The fraction of sp³-hybridized carbons (Fsp3) is 0.850. The molecule has 2 aliphatic heterocycles. The molecule has 2 aliphatic rings. The number of carbonyl (C=O) groups is 3. The summed E-state index contributed by atoms with van der Waals surface area (Å²) in [5.74, 6) is -0.737. The molecule has 2 fully saturated rings. The first kappa shape index (κ1) is 27.2. The Kier molecular flexibility index (Phi) is 10.2. The molecule has 0 bridgehead atoms. The zero-order valence-electron chi connectivity index (χ0n) is 18.6. The van der Waals surface area contributed by atoms with E-state index < -0.39 is 40.1 Å². The number of nitrogens with one attached hydrogen (secondary N) is 2. The highest BCUT2D eigenvalue weighted by Crippen LogP contribution is 2.26. The number of halogens is 3. The van der Waals surface area contributed by atoms with E-state index >= 15 is 0 Å². The van der Waals surface area contributed by atoms with Crippen molar-refractivity contribution in [2.24, 2.45) is 5.92 Å². The summed E-state index contributed by atoms with van der Waals surface area (Å²) >= 11 is 16.9. The van der Waals surface area contributed by atoms with Crippen LogP contribution in [0.15, 0.2) is 0 Å². The van der Waals surface area contributed by atoms with Crippen LogP contribution in [0.4, 0.5) is 4.79 Å². The highest BCUT2D eigenvalue weighted by Gasteiger charge is 2.36. The van der Waals surface area contributed by atoms with Crippen molar-refractivity contribution < 1.29 is 28.6 Å². The van der Waals surface area contributed by atoms with Gasteiger partial charge in [0.25, 0.3) is 5.91 Å². The lowest BCUT2D eigenvalue weighted by atomic mass is 9.92. The van der Waals surface area contributed by atoms with E-state index in [1.165, 1.54) is 5.01 Å². The average Bonchev–Trinajstić information content (AvgIpc) is 2.70. The lowest BCUT2D eigenvalue weighted by molar-refractivity contribution is -0.152. The minimum Gasteiger partial charge on any atom is -0.460 e. The maximum atomic E-state index is 13.3. The quantitative estimate of drug-likeness (QED) is 0.413. The zero-order chi connectivity index (χ0) is 23.9. The summed E-state index contributed by atoms with van der Waals surface area (Å²) in [6, 6.07) is -1.57. The van der Waals surface area contributed by atoms with Crippen LogP contribution < -0.4 is 10.7 Å². The highest BCUT2D eigenvalue weighted by molar-refractivity contribution is 6.67. The second-order valence-electron chi connectivity index (χ2n) is 9.03. The number of nitrogens with zero attached hydrogens (tertiary/aromatic N) is 1. The lowest BCUT2D eigenvalue weighted by Gasteiger charge is -2.36. The Morgan fingerprint density at radius 2 is 1.81 bits per heavy atom. The summed E-state index contributed by atoms with van der Waals surface area (Å²) in [5.41, 5.74) is 2.19. The molecule has 0 aromatic rings. The first-order chi connectivity index (χ1) is 14.8. The van der Waals surface area contributed by atoms with Gasteiger partial charge in [-0.3, -0.25) is 14.6 Å². The molecule has 2 heterocycles. The van der Waals surface area contributed by atoms with E-state index in [-0.39, 0.29) is 11.8 Å². The van der Waals surface area contributed by atoms with E-state index in [1.807, 2.05) is 0 Å². The Bertz CT molecular complexity index is 662. The molecule has 2 atom stereocenters. The first-order valence-electron chi connectivity index (χ1n) is 10.7. The summed E-state index contributed by atoms with van der Waals surface area (Å²) in [5, 5.41) is 4.06. The fourth-order valence-corrected chi connectivity index (χ4v) is 3.71. The molecule has 2 rings (SSSR count). The normalized spacial score (nSPS) is 21.6. The maximum absolute atomic E-state index is 13.3. The van der Waals surface area contributed by atoms with Gasteiger partial charge in [-0.25, -0.2) is 10.2 Å². The Balaban J connectivity index is 2.03. The van der Waals surface area contributed by atoms with Gasteiger partial charge < -0.3 is 19.5 Å². The number of hydrogen-bond acceptors (Lipinski definition) is 7. The third-order valence-electron chi connectivity index (χ3n) is 5.01. The van der Waals surface area contributed by atoms with Gasteiger partial charge in [-0.15, -0.1) is 0 Å². The number of amides is 2. The summed E-state index contributed by atoms with van der Waals surface area (Å²) in [7, 11) is 0. The Hall–Kier alpha value is -1.00. The van der Waals surface area contributed by atoms with Crippen molar-refractivity contribution in [3.05, 3.63) is 0 Å². The number of esters is 1. The number of rotatable bonds is 6. The molecule has 184 valence electrons. The van der Waals surface area contributed by atoms with Gasteiger partial charge in [-0.1, -0.05) is 34.8 Å². The lowest BCUT2D eigenvalue weighted by Crippen LogP contribution is -2.60. The van der Waals surface area contributed by atoms with Crippen LogP contribution in [-0.4, -0.2) is 70.8 Å². The smallest absolute Gasteiger partial charge is 0.408 e. The Labute approximate surface area is 203 Å². The Morgan fingerprint density at radius 1 is 1.16 bits per heavy atom. The maximum Gasteiger partial charge on any atom is 0.408 e. The summed E-state index contributed by atoms with van der Waals surface area (Å²) in [6.45, 7) is 6.49. The molecule has 12 heteroatoms. The van der Waals surface area contributed by atoms with Crippen LogP contribution in [0.2, 0.25) is 0 Å². The largest absolute Gasteiger partial charge is 0.460 e. The predicted octanol–water partition coefficient (Wildman–Crippen LogP) is 3.11. The molecular formula is C20H32Cl3N3O6. The summed E-state index contributed by atoms with van der Waals surface area (Å²) < 4.78 is 14.1. The molecule has 2 saturated heterocycles.